The standard InChI is InChI=1S/C24H28N6O2S/c1-16-7-8-18-11-19(24(31)25-23(18)17(16)2)12-29(14-21-6-4-10-33-21)15-22-26-27-28-30(22)13-20-5-3-9-32-20/h4,6-8,10-11,20H,3,5,9,12-15H2,1-2H3,(H,25,31)/t20-/m0/s1. The highest BCUT2D eigenvalue weighted by Crippen LogP contribution is 2.21. The Bertz CT molecular complexity index is 1290. The monoisotopic (exact) mass is 464 g/mol. The number of benzene rings is 1. The lowest BCUT2D eigenvalue weighted by molar-refractivity contribution is 0.0915. The van der Waals surface area contributed by atoms with Gasteiger partial charge in [0.1, 0.15) is 0 Å². The van der Waals surface area contributed by atoms with Gasteiger partial charge < -0.3 is 9.72 Å². The van der Waals surface area contributed by atoms with Gasteiger partial charge in [-0.1, -0.05) is 18.2 Å². The van der Waals surface area contributed by atoms with E-state index in [0.29, 0.717) is 19.6 Å². The minimum Gasteiger partial charge on any atom is -0.376 e. The number of ether oxygens (including phenoxy) is 1. The highest BCUT2D eigenvalue weighted by molar-refractivity contribution is 7.09. The summed E-state index contributed by atoms with van der Waals surface area (Å²) in [5.74, 6) is 0.783. The maximum Gasteiger partial charge on any atom is 0.252 e. The molecule has 9 heteroatoms. The molecule has 172 valence electrons. The summed E-state index contributed by atoms with van der Waals surface area (Å²) in [4.78, 5) is 19.6. The molecule has 0 radical (unpaired) electrons. The van der Waals surface area contributed by atoms with E-state index in [2.05, 4.69) is 55.9 Å². The number of hydrogen-bond acceptors (Lipinski definition) is 7. The molecule has 0 spiro atoms. The lowest BCUT2D eigenvalue weighted by Crippen LogP contribution is -2.28. The molecule has 1 aromatic carbocycles. The van der Waals surface area contributed by atoms with Crippen LogP contribution in [0.4, 0.5) is 0 Å². The fourth-order valence-electron chi connectivity index (χ4n) is 4.38. The van der Waals surface area contributed by atoms with Gasteiger partial charge in [0.15, 0.2) is 5.82 Å². The number of aromatic nitrogens is 5. The number of pyridine rings is 1. The maximum absolute atomic E-state index is 13.0. The van der Waals surface area contributed by atoms with Crippen molar-refractivity contribution in [1.29, 1.82) is 0 Å². The molecule has 1 aliphatic rings. The molecule has 0 saturated carbocycles. The van der Waals surface area contributed by atoms with Crippen molar-refractivity contribution in [1.82, 2.24) is 30.1 Å². The molecule has 0 amide bonds. The van der Waals surface area contributed by atoms with Crippen molar-refractivity contribution in [3.63, 3.8) is 0 Å². The second-order valence-electron chi connectivity index (χ2n) is 8.73. The third-order valence-electron chi connectivity index (χ3n) is 6.35. The maximum atomic E-state index is 13.0. The van der Waals surface area contributed by atoms with Crippen LogP contribution in [0.1, 0.15) is 40.2 Å². The highest BCUT2D eigenvalue weighted by atomic mass is 32.1. The molecule has 1 atom stereocenters. The molecule has 1 aliphatic heterocycles. The second kappa shape index (κ2) is 9.54. The van der Waals surface area contributed by atoms with E-state index in [1.165, 1.54) is 10.4 Å². The van der Waals surface area contributed by atoms with E-state index in [1.54, 1.807) is 11.3 Å². The fraction of sp³-hybridized carbons (Fsp3) is 0.417. The third-order valence-corrected chi connectivity index (χ3v) is 7.21. The summed E-state index contributed by atoms with van der Waals surface area (Å²) >= 11 is 1.71. The molecule has 0 bridgehead atoms. The average molecular weight is 465 g/mol. The first-order chi connectivity index (χ1) is 16.1. The zero-order chi connectivity index (χ0) is 22.8. The van der Waals surface area contributed by atoms with Crippen molar-refractivity contribution < 1.29 is 4.74 Å². The van der Waals surface area contributed by atoms with Crippen LogP contribution >= 0.6 is 11.3 Å². The number of H-pyrrole nitrogens is 1. The van der Waals surface area contributed by atoms with Crippen LogP contribution in [-0.2, 0) is 30.9 Å². The number of rotatable bonds is 8. The number of thiophene rings is 1. The Morgan fingerprint density at radius 3 is 2.94 bits per heavy atom. The van der Waals surface area contributed by atoms with E-state index in [-0.39, 0.29) is 11.7 Å². The van der Waals surface area contributed by atoms with Gasteiger partial charge in [0.2, 0.25) is 0 Å². The van der Waals surface area contributed by atoms with Crippen LogP contribution in [-0.4, -0.2) is 42.8 Å². The van der Waals surface area contributed by atoms with Crippen LogP contribution in [0.5, 0.6) is 0 Å². The number of nitrogens with one attached hydrogen (secondary N) is 1. The number of nitrogens with zero attached hydrogens (tertiary/aromatic N) is 5. The Kier molecular flexibility index (Phi) is 6.34. The van der Waals surface area contributed by atoms with Crippen LogP contribution in [0.2, 0.25) is 0 Å². The lowest BCUT2D eigenvalue weighted by Gasteiger charge is -2.21. The van der Waals surface area contributed by atoms with Crippen molar-refractivity contribution >= 4 is 22.2 Å². The van der Waals surface area contributed by atoms with Crippen LogP contribution in [0.25, 0.3) is 10.9 Å². The van der Waals surface area contributed by atoms with Gasteiger partial charge >= 0.3 is 0 Å². The first kappa shape index (κ1) is 21.9. The highest BCUT2D eigenvalue weighted by Gasteiger charge is 2.21. The summed E-state index contributed by atoms with van der Waals surface area (Å²) in [5.41, 5.74) is 3.88. The largest absolute Gasteiger partial charge is 0.376 e. The van der Waals surface area contributed by atoms with E-state index in [1.807, 2.05) is 23.7 Å². The smallest absolute Gasteiger partial charge is 0.252 e. The van der Waals surface area contributed by atoms with Gasteiger partial charge in [-0.15, -0.1) is 16.4 Å². The SMILES string of the molecule is Cc1ccc2cc(CN(Cc3cccs3)Cc3nnnn3C[C@@H]3CCCO3)c(=O)[nH]c2c1C. The summed E-state index contributed by atoms with van der Waals surface area (Å²) in [6, 6.07) is 10.3. The van der Waals surface area contributed by atoms with Gasteiger partial charge in [0.25, 0.3) is 5.56 Å². The second-order valence-corrected chi connectivity index (χ2v) is 9.76. The molecule has 1 fully saturated rings. The number of tetrazole rings is 1. The van der Waals surface area contributed by atoms with Crippen molar-refractivity contribution in [2.24, 2.45) is 0 Å². The first-order valence-corrected chi connectivity index (χ1v) is 12.2. The van der Waals surface area contributed by atoms with Gasteiger partial charge in [-0.25, -0.2) is 4.68 Å². The van der Waals surface area contributed by atoms with Crippen molar-refractivity contribution in [3.05, 3.63) is 73.5 Å². The van der Waals surface area contributed by atoms with Gasteiger partial charge in [-0.2, -0.15) is 0 Å². The number of aromatic amines is 1. The lowest BCUT2D eigenvalue weighted by atomic mass is 10.0. The van der Waals surface area contributed by atoms with Gasteiger partial charge in [0, 0.05) is 30.1 Å². The third kappa shape index (κ3) is 4.90. The Labute approximate surface area is 196 Å². The Hall–Kier alpha value is -2.88. The molecule has 5 rings (SSSR count). The fourth-order valence-corrected chi connectivity index (χ4v) is 5.12. The molecule has 1 N–H and O–H groups in total. The summed E-state index contributed by atoms with van der Waals surface area (Å²) in [6.07, 6.45) is 2.27. The Morgan fingerprint density at radius 2 is 2.15 bits per heavy atom. The minimum atomic E-state index is -0.0497. The van der Waals surface area contributed by atoms with Gasteiger partial charge in [-0.3, -0.25) is 9.69 Å². The number of aryl methyl sites for hydroxylation is 2. The molecule has 4 heterocycles. The average Bonchev–Trinajstić information content (AvgIpc) is 3.57. The quantitative estimate of drug-likeness (QED) is 0.429. The van der Waals surface area contributed by atoms with Crippen LogP contribution < -0.4 is 5.56 Å². The molecule has 0 aliphatic carbocycles. The Balaban J connectivity index is 1.42. The van der Waals surface area contributed by atoms with E-state index < -0.39 is 0 Å². The van der Waals surface area contributed by atoms with E-state index in [4.69, 9.17) is 4.74 Å². The topological polar surface area (TPSA) is 88.9 Å². The van der Waals surface area contributed by atoms with Crippen molar-refractivity contribution in [3.8, 4) is 0 Å². The summed E-state index contributed by atoms with van der Waals surface area (Å²) in [6.45, 7) is 7.33. The molecule has 4 aromatic rings. The van der Waals surface area contributed by atoms with Crippen molar-refractivity contribution in [2.75, 3.05) is 6.61 Å². The molecule has 3 aromatic heterocycles. The molecule has 0 unspecified atom stereocenters. The van der Waals surface area contributed by atoms with E-state index in [0.717, 1.165) is 53.8 Å². The predicted octanol–water partition coefficient (Wildman–Crippen LogP) is 3.57. The summed E-state index contributed by atoms with van der Waals surface area (Å²) in [7, 11) is 0. The zero-order valence-electron chi connectivity index (χ0n) is 19.0. The Morgan fingerprint density at radius 1 is 1.24 bits per heavy atom. The predicted molar refractivity (Wildman–Crippen MR) is 128 cm³/mol. The van der Waals surface area contributed by atoms with E-state index >= 15 is 0 Å². The number of hydrogen-bond donors (Lipinski definition) is 1. The van der Waals surface area contributed by atoms with Crippen molar-refractivity contribution in [2.45, 2.75) is 59.0 Å². The molecule has 1 saturated heterocycles. The molecular weight excluding hydrogens is 436 g/mol. The van der Waals surface area contributed by atoms with E-state index in [9.17, 15) is 4.79 Å². The molecule has 8 nitrogen and oxygen atoms in total. The molecular formula is C24H28N6O2S. The van der Waals surface area contributed by atoms with Gasteiger partial charge in [-0.05, 0) is 71.1 Å². The van der Waals surface area contributed by atoms with Gasteiger partial charge in [0.05, 0.1) is 24.7 Å². The summed E-state index contributed by atoms with van der Waals surface area (Å²) < 4.78 is 7.61. The molecule has 33 heavy (non-hydrogen) atoms. The minimum absolute atomic E-state index is 0.0497. The van der Waals surface area contributed by atoms with Crippen LogP contribution in [0, 0.1) is 13.8 Å². The number of fused-ring (bicyclic) bond motifs is 1. The first-order valence-electron chi connectivity index (χ1n) is 11.3. The summed E-state index contributed by atoms with van der Waals surface area (Å²) in [5, 5.41) is 15.5. The van der Waals surface area contributed by atoms with Crippen LogP contribution in [0.15, 0.2) is 40.5 Å². The zero-order valence-corrected chi connectivity index (χ0v) is 19.8. The normalized spacial score (nSPS) is 16.3. The van der Waals surface area contributed by atoms with Crippen LogP contribution in [0.3, 0.4) is 0 Å².